The normalized spacial score (nSPS) is 21.0. The van der Waals surface area contributed by atoms with E-state index in [2.05, 4.69) is 0 Å². The van der Waals surface area contributed by atoms with Crippen LogP contribution in [0.1, 0.15) is 12.8 Å². The van der Waals surface area contributed by atoms with Gasteiger partial charge in [-0.3, -0.25) is 9.59 Å². The zero-order chi connectivity index (χ0) is 12.1. The topological polar surface area (TPSA) is 101 Å². The van der Waals surface area contributed by atoms with Crippen LogP contribution in [0.2, 0.25) is 0 Å². The van der Waals surface area contributed by atoms with Crippen LogP contribution in [0.15, 0.2) is 12.2 Å². The maximum Gasteiger partial charge on any atom is 0.328 e. The number of amides is 2. The molecule has 1 heterocycles. The number of nitrogens with two attached hydrogens (primary N) is 1. The first-order chi connectivity index (χ1) is 7.50. The molecule has 88 valence electrons. The van der Waals surface area contributed by atoms with Crippen LogP contribution in [0, 0.1) is 5.92 Å². The van der Waals surface area contributed by atoms with E-state index in [-0.39, 0.29) is 12.5 Å². The molecule has 0 aromatic carbocycles. The Morgan fingerprint density at radius 1 is 1.31 bits per heavy atom. The summed E-state index contributed by atoms with van der Waals surface area (Å²) in [7, 11) is 0. The Morgan fingerprint density at radius 3 is 2.56 bits per heavy atom. The maximum atomic E-state index is 11.5. The Labute approximate surface area is 92.7 Å². The average Bonchev–Trinajstić information content (AvgIpc) is 2.26. The molecule has 0 radical (unpaired) electrons. The number of hydrogen-bond acceptors (Lipinski definition) is 3. The first-order valence-electron chi connectivity index (χ1n) is 5.00. The molecule has 0 bridgehead atoms. The summed E-state index contributed by atoms with van der Waals surface area (Å²) in [6.07, 6.45) is 3.17. The molecule has 1 aliphatic rings. The van der Waals surface area contributed by atoms with Crippen LogP contribution in [0.25, 0.3) is 0 Å². The van der Waals surface area contributed by atoms with E-state index in [0.717, 1.165) is 12.2 Å². The number of carbonyl (C=O) groups is 3. The van der Waals surface area contributed by atoms with Gasteiger partial charge in [-0.25, -0.2) is 4.79 Å². The standard InChI is InChI=1S/C10H14N2O4/c11-10(16)7-2-1-5-12(6-7)8(13)3-4-9(14)15/h3-4,7H,1-2,5-6H2,(H2,11,16)(H,14,15). The van der Waals surface area contributed by atoms with Gasteiger partial charge in [-0.1, -0.05) is 0 Å². The van der Waals surface area contributed by atoms with Crippen LogP contribution < -0.4 is 5.73 Å². The highest BCUT2D eigenvalue weighted by atomic mass is 16.4. The van der Waals surface area contributed by atoms with E-state index in [0.29, 0.717) is 19.4 Å². The van der Waals surface area contributed by atoms with Crippen molar-refractivity contribution in [2.24, 2.45) is 11.7 Å². The zero-order valence-electron chi connectivity index (χ0n) is 8.76. The third-order valence-electron chi connectivity index (χ3n) is 2.50. The summed E-state index contributed by atoms with van der Waals surface area (Å²) >= 11 is 0. The zero-order valence-corrected chi connectivity index (χ0v) is 8.76. The molecule has 6 nitrogen and oxygen atoms in total. The summed E-state index contributed by atoms with van der Waals surface area (Å²) in [6, 6.07) is 0. The maximum absolute atomic E-state index is 11.5. The molecule has 16 heavy (non-hydrogen) atoms. The number of nitrogens with zero attached hydrogens (tertiary/aromatic N) is 1. The summed E-state index contributed by atoms with van der Waals surface area (Å²) in [6.45, 7) is 0.810. The molecule has 1 aliphatic heterocycles. The summed E-state index contributed by atoms with van der Waals surface area (Å²) in [5.41, 5.74) is 5.16. The molecule has 1 rings (SSSR count). The van der Waals surface area contributed by atoms with Gasteiger partial charge >= 0.3 is 5.97 Å². The van der Waals surface area contributed by atoms with Gasteiger partial charge in [-0.2, -0.15) is 0 Å². The molecule has 1 saturated heterocycles. The number of likely N-dealkylation sites (tertiary alicyclic amines) is 1. The molecule has 0 saturated carbocycles. The Morgan fingerprint density at radius 2 is 2.00 bits per heavy atom. The van der Waals surface area contributed by atoms with Crippen molar-refractivity contribution in [2.45, 2.75) is 12.8 Å². The van der Waals surface area contributed by atoms with Crippen LogP contribution >= 0.6 is 0 Å². The summed E-state index contributed by atoms with van der Waals surface area (Å²) in [4.78, 5) is 34.1. The van der Waals surface area contributed by atoms with E-state index in [1.54, 1.807) is 0 Å². The van der Waals surface area contributed by atoms with Gasteiger partial charge in [0.05, 0.1) is 5.92 Å². The van der Waals surface area contributed by atoms with E-state index in [9.17, 15) is 14.4 Å². The highest BCUT2D eigenvalue weighted by molar-refractivity contribution is 5.94. The molecule has 0 aromatic heterocycles. The number of carboxylic acid groups (broad SMARTS) is 1. The molecule has 1 atom stereocenters. The highest BCUT2D eigenvalue weighted by Gasteiger charge is 2.25. The molecule has 1 fully saturated rings. The Kier molecular flexibility index (Phi) is 4.04. The van der Waals surface area contributed by atoms with Gasteiger partial charge in [-0.05, 0) is 12.8 Å². The van der Waals surface area contributed by atoms with Crippen molar-refractivity contribution < 1.29 is 19.5 Å². The van der Waals surface area contributed by atoms with Crippen LogP contribution in [0.3, 0.4) is 0 Å². The van der Waals surface area contributed by atoms with Gasteiger partial charge in [0.15, 0.2) is 0 Å². The van der Waals surface area contributed by atoms with Crippen LogP contribution in [-0.4, -0.2) is 40.9 Å². The van der Waals surface area contributed by atoms with E-state index in [1.165, 1.54) is 4.90 Å². The second kappa shape index (κ2) is 5.29. The monoisotopic (exact) mass is 226 g/mol. The molecule has 0 aliphatic carbocycles. The lowest BCUT2D eigenvalue weighted by Gasteiger charge is -2.30. The first kappa shape index (κ1) is 12.2. The van der Waals surface area contributed by atoms with Gasteiger partial charge in [0.1, 0.15) is 0 Å². The molecule has 3 N–H and O–H groups in total. The molecule has 0 aromatic rings. The van der Waals surface area contributed by atoms with Crippen molar-refractivity contribution in [3.05, 3.63) is 12.2 Å². The molecule has 2 amide bonds. The smallest absolute Gasteiger partial charge is 0.328 e. The quantitative estimate of drug-likeness (QED) is 0.624. The fourth-order valence-corrected chi connectivity index (χ4v) is 1.66. The molecule has 0 spiro atoms. The summed E-state index contributed by atoms with van der Waals surface area (Å²) in [5, 5.41) is 8.37. The van der Waals surface area contributed by atoms with Crippen molar-refractivity contribution in [3.63, 3.8) is 0 Å². The number of aliphatic carboxylic acids is 1. The number of piperidine rings is 1. The number of carbonyl (C=O) groups excluding carboxylic acids is 2. The van der Waals surface area contributed by atoms with Crippen molar-refractivity contribution in [1.82, 2.24) is 4.90 Å². The van der Waals surface area contributed by atoms with E-state index < -0.39 is 17.8 Å². The van der Waals surface area contributed by atoms with Crippen LogP contribution in [-0.2, 0) is 14.4 Å². The number of primary amides is 1. The lowest BCUT2D eigenvalue weighted by Crippen LogP contribution is -2.43. The largest absolute Gasteiger partial charge is 0.478 e. The SMILES string of the molecule is NC(=O)C1CCCN(C(=O)C=CC(=O)O)C1. The van der Waals surface area contributed by atoms with E-state index >= 15 is 0 Å². The molecule has 6 heteroatoms. The minimum atomic E-state index is -1.17. The lowest BCUT2D eigenvalue weighted by molar-refractivity contribution is -0.133. The second-order valence-corrected chi connectivity index (χ2v) is 3.70. The minimum absolute atomic E-state index is 0.276. The van der Waals surface area contributed by atoms with Gasteiger partial charge in [-0.15, -0.1) is 0 Å². The van der Waals surface area contributed by atoms with E-state index in [4.69, 9.17) is 10.8 Å². The van der Waals surface area contributed by atoms with Crippen molar-refractivity contribution in [2.75, 3.05) is 13.1 Å². The summed E-state index contributed by atoms with van der Waals surface area (Å²) in [5.74, 6) is -2.30. The fourth-order valence-electron chi connectivity index (χ4n) is 1.66. The van der Waals surface area contributed by atoms with Crippen molar-refractivity contribution >= 4 is 17.8 Å². The fraction of sp³-hybridized carbons (Fsp3) is 0.500. The summed E-state index contributed by atoms with van der Waals surface area (Å²) < 4.78 is 0. The Hall–Kier alpha value is -1.85. The molecular weight excluding hydrogens is 212 g/mol. The minimum Gasteiger partial charge on any atom is -0.478 e. The van der Waals surface area contributed by atoms with Crippen molar-refractivity contribution in [1.29, 1.82) is 0 Å². The number of carboxylic acids is 1. The van der Waals surface area contributed by atoms with Crippen LogP contribution in [0.5, 0.6) is 0 Å². The average molecular weight is 226 g/mol. The second-order valence-electron chi connectivity index (χ2n) is 3.70. The Bertz CT molecular complexity index is 338. The first-order valence-corrected chi connectivity index (χ1v) is 5.00. The Balaban J connectivity index is 2.56. The molecular formula is C10H14N2O4. The van der Waals surface area contributed by atoms with E-state index in [1.807, 2.05) is 0 Å². The predicted octanol–water partition coefficient (Wildman–Crippen LogP) is -0.649. The van der Waals surface area contributed by atoms with Gasteiger partial charge in [0.2, 0.25) is 11.8 Å². The third-order valence-corrected chi connectivity index (χ3v) is 2.50. The number of rotatable bonds is 3. The highest BCUT2D eigenvalue weighted by Crippen LogP contribution is 2.16. The lowest BCUT2D eigenvalue weighted by atomic mass is 9.97. The van der Waals surface area contributed by atoms with Gasteiger partial charge < -0.3 is 15.7 Å². The van der Waals surface area contributed by atoms with Crippen LogP contribution in [0.4, 0.5) is 0 Å². The van der Waals surface area contributed by atoms with Crippen molar-refractivity contribution in [3.8, 4) is 0 Å². The number of hydrogen-bond donors (Lipinski definition) is 2. The molecule has 1 unspecified atom stereocenters. The third kappa shape index (κ3) is 3.38. The predicted molar refractivity (Wildman–Crippen MR) is 55.3 cm³/mol. The van der Waals surface area contributed by atoms with Gasteiger partial charge in [0.25, 0.3) is 0 Å². The van der Waals surface area contributed by atoms with Gasteiger partial charge in [0, 0.05) is 25.2 Å².